The molecular weight excluding hydrogens is 236 g/mol. The Balaban J connectivity index is 3.46. The maximum absolute atomic E-state index is 11.4. The Bertz CT molecular complexity index is 543. The van der Waals surface area contributed by atoms with Crippen molar-refractivity contribution in [2.45, 2.75) is 19.3 Å². The zero-order chi connectivity index (χ0) is 13.9. The summed E-state index contributed by atoms with van der Waals surface area (Å²) in [7, 11) is 1.19. The van der Waals surface area contributed by atoms with Crippen LogP contribution in [0, 0.1) is 21.4 Å². The van der Waals surface area contributed by atoms with E-state index in [9.17, 15) is 14.9 Å². The van der Waals surface area contributed by atoms with Crippen LogP contribution in [0.25, 0.3) is 0 Å². The third-order valence-corrected chi connectivity index (χ3v) is 2.55. The summed E-state index contributed by atoms with van der Waals surface area (Å²) in [6.45, 7) is 3.24. The number of carbonyl (C=O) groups excluding carboxylic acids is 1. The SMILES string of the molecule is COC(=O)c1cc([N+](=O)[O-])cc(C(C)(C)C#N)c1. The third-order valence-electron chi connectivity index (χ3n) is 2.55. The fraction of sp³-hybridized carbons (Fsp3) is 0.333. The Hall–Kier alpha value is -2.42. The summed E-state index contributed by atoms with van der Waals surface area (Å²) in [5.74, 6) is -0.673. The number of carbonyl (C=O) groups is 1. The second-order valence-electron chi connectivity index (χ2n) is 4.25. The van der Waals surface area contributed by atoms with Gasteiger partial charge >= 0.3 is 5.97 Å². The summed E-state index contributed by atoms with van der Waals surface area (Å²) >= 11 is 0. The molecule has 0 aliphatic heterocycles. The smallest absolute Gasteiger partial charge is 0.338 e. The molecule has 18 heavy (non-hydrogen) atoms. The molecule has 6 heteroatoms. The Morgan fingerprint density at radius 3 is 2.50 bits per heavy atom. The summed E-state index contributed by atoms with van der Waals surface area (Å²) in [6, 6.07) is 5.88. The van der Waals surface area contributed by atoms with Gasteiger partial charge in [-0.25, -0.2) is 4.79 Å². The zero-order valence-corrected chi connectivity index (χ0v) is 10.3. The predicted molar refractivity (Wildman–Crippen MR) is 63.1 cm³/mol. The number of hydrogen-bond donors (Lipinski definition) is 0. The van der Waals surface area contributed by atoms with Crippen molar-refractivity contribution in [3.63, 3.8) is 0 Å². The fourth-order valence-corrected chi connectivity index (χ4v) is 1.38. The van der Waals surface area contributed by atoms with Crippen molar-refractivity contribution in [3.05, 3.63) is 39.4 Å². The van der Waals surface area contributed by atoms with E-state index < -0.39 is 16.3 Å². The van der Waals surface area contributed by atoms with Gasteiger partial charge in [0.1, 0.15) is 0 Å². The minimum absolute atomic E-state index is 0.0602. The van der Waals surface area contributed by atoms with Crippen molar-refractivity contribution in [3.8, 4) is 6.07 Å². The molecule has 0 aliphatic carbocycles. The van der Waals surface area contributed by atoms with Gasteiger partial charge in [0.2, 0.25) is 0 Å². The highest BCUT2D eigenvalue weighted by atomic mass is 16.6. The van der Waals surface area contributed by atoms with Gasteiger partial charge in [-0.3, -0.25) is 10.1 Å². The molecule has 0 radical (unpaired) electrons. The monoisotopic (exact) mass is 248 g/mol. The van der Waals surface area contributed by atoms with Crippen LogP contribution in [0.15, 0.2) is 18.2 Å². The summed E-state index contributed by atoms with van der Waals surface area (Å²) < 4.78 is 4.53. The molecule has 0 saturated heterocycles. The highest BCUT2D eigenvalue weighted by Crippen LogP contribution is 2.27. The largest absolute Gasteiger partial charge is 0.465 e. The number of nitro groups is 1. The predicted octanol–water partition coefficient (Wildman–Crippen LogP) is 2.18. The third kappa shape index (κ3) is 2.63. The number of ether oxygens (including phenoxy) is 1. The number of methoxy groups -OCH3 is 1. The van der Waals surface area contributed by atoms with Crippen LogP contribution in [-0.4, -0.2) is 18.0 Å². The molecule has 0 unspecified atom stereocenters. The van der Waals surface area contributed by atoms with Crippen LogP contribution in [0.3, 0.4) is 0 Å². The number of hydrogen-bond acceptors (Lipinski definition) is 5. The Morgan fingerprint density at radius 1 is 1.44 bits per heavy atom. The van der Waals surface area contributed by atoms with Crippen LogP contribution in [0.4, 0.5) is 5.69 Å². The molecule has 6 nitrogen and oxygen atoms in total. The molecule has 94 valence electrons. The average molecular weight is 248 g/mol. The molecule has 1 rings (SSSR count). The quantitative estimate of drug-likeness (QED) is 0.464. The van der Waals surface area contributed by atoms with Gasteiger partial charge in [0.05, 0.1) is 29.1 Å². The van der Waals surface area contributed by atoms with Crippen LogP contribution in [0.2, 0.25) is 0 Å². The molecule has 0 amide bonds. The van der Waals surface area contributed by atoms with E-state index in [1.165, 1.54) is 19.2 Å². The van der Waals surface area contributed by atoms with Gasteiger partial charge in [-0.1, -0.05) is 0 Å². The fourth-order valence-electron chi connectivity index (χ4n) is 1.38. The van der Waals surface area contributed by atoms with Crippen molar-refractivity contribution in [2.75, 3.05) is 7.11 Å². The van der Waals surface area contributed by atoms with E-state index in [0.717, 1.165) is 6.07 Å². The van der Waals surface area contributed by atoms with Gasteiger partial charge in [0, 0.05) is 12.1 Å². The number of nitrogens with zero attached hydrogens (tertiary/aromatic N) is 2. The van der Waals surface area contributed by atoms with E-state index in [1.807, 2.05) is 6.07 Å². The summed E-state index contributed by atoms with van der Waals surface area (Å²) in [4.78, 5) is 21.6. The molecule has 0 aliphatic rings. The first kappa shape index (κ1) is 13.6. The van der Waals surface area contributed by atoms with Gasteiger partial charge in [-0.15, -0.1) is 0 Å². The molecule has 0 heterocycles. The molecule has 1 aromatic carbocycles. The summed E-state index contributed by atoms with van der Waals surface area (Å²) in [5.41, 5.74) is -0.699. The maximum atomic E-state index is 11.4. The number of rotatable bonds is 3. The molecular formula is C12H12N2O4. The first-order valence-electron chi connectivity index (χ1n) is 5.11. The lowest BCUT2D eigenvalue weighted by molar-refractivity contribution is -0.385. The number of nitriles is 1. The minimum Gasteiger partial charge on any atom is -0.465 e. The summed E-state index contributed by atoms with van der Waals surface area (Å²) in [5, 5.41) is 19.8. The number of nitro benzene ring substituents is 1. The normalized spacial score (nSPS) is 10.6. The van der Waals surface area contributed by atoms with Crippen molar-refractivity contribution < 1.29 is 14.5 Å². The lowest BCUT2D eigenvalue weighted by Gasteiger charge is -2.16. The number of esters is 1. The van der Waals surface area contributed by atoms with Crippen LogP contribution in [0.5, 0.6) is 0 Å². The molecule has 1 aromatic rings. The average Bonchev–Trinajstić information content (AvgIpc) is 2.37. The molecule has 0 saturated carbocycles. The van der Waals surface area contributed by atoms with Gasteiger partial charge in [0.25, 0.3) is 5.69 Å². The zero-order valence-electron chi connectivity index (χ0n) is 10.3. The molecule has 0 spiro atoms. The lowest BCUT2D eigenvalue weighted by atomic mass is 9.85. The van der Waals surface area contributed by atoms with Crippen LogP contribution in [-0.2, 0) is 10.2 Å². The van der Waals surface area contributed by atoms with Crippen LogP contribution in [0.1, 0.15) is 29.8 Å². The Morgan fingerprint density at radius 2 is 2.06 bits per heavy atom. The minimum atomic E-state index is -0.922. The Kier molecular flexibility index (Phi) is 3.67. The molecule has 0 fully saturated rings. The lowest BCUT2D eigenvalue weighted by Crippen LogP contribution is -2.15. The van der Waals surface area contributed by atoms with Crippen molar-refractivity contribution in [2.24, 2.45) is 0 Å². The van der Waals surface area contributed by atoms with Crippen LogP contribution >= 0.6 is 0 Å². The van der Waals surface area contributed by atoms with E-state index in [2.05, 4.69) is 4.74 Å². The first-order chi connectivity index (χ1) is 8.31. The topological polar surface area (TPSA) is 93.2 Å². The standard InChI is InChI=1S/C12H12N2O4/c1-12(2,7-13)9-4-8(11(15)18-3)5-10(6-9)14(16)17/h4-6H,1-3H3. The second kappa shape index (κ2) is 4.84. The van der Waals surface area contributed by atoms with Crippen molar-refractivity contribution in [1.29, 1.82) is 5.26 Å². The van der Waals surface area contributed by atoms with E-state index in [1.54, 1.807) is 13.8 Å². The van der Waals surface area contributed by atoms with E-state index in [4.69, 9.17) is 5.26 Å². The van der Waals surface area contributed by atoms with Gasteiger partial charge in [-0.2, -0.15) is 5.26 Å². The molecule has 0 N–H and O–H groups in total. The highest BCUT2D eigenvalue weighted by Gasteiger charge is 2.25. The van der Waals surface area contributed by atoms with Crippen molar-refractivity contribution >= 4 is 11.7 Å². The van der Waals surface area contributed by atoms with Crippen molar-refractivity contribution in [1.82, 2.24) is 0 Å². The van der Waals surface area contributed by atoms with E-state index in [-0.39, 0.29) is 11.3 Å². The van der Waals surface area contributed by atoms with E-state index >= 15 is 0 Å². The first-order valence-corrected chi connectivity index (χ1v) is 5.11. The molecule has 0 atom stereocenters. The van der Waals surface area contributed by atoms with E-state index in [0.29, 0.717) is 5.56 Å². The second-order valence-corrected chi connectivity index (χ2v) is 4.25. The number of non-ortho nitro benzene ring substituents is 1. The molecule has 0 bridgehead atoms. The number of benzene rings is 1. The maximum Gasteiger partial charge on any atom is 0.338 e. The van der Waals surface area contributed by atoms with Gasteiger partial charge in [0.15, 0.2) is 0 Å². The van der Waals surface area contributed by atoms with Gasteiger partial charge < -0.3 is 4.74 Å². The van der Waals surface area contributed by atoms with Gasteiger partial charge in [-0.05, 0) is 25.5 Å². The Labute approximate surface area is 104 Å². The van der Waals surface area contributed by atoms with Crippen LogP contribution < -0.4 is 0 Å². The molecule has 0 aromatic heterocycles. The highest BCUT2D eigenvalue weighted by molar-refractivity contribution is 5.90. The summed E-state index contributed by atoms with van der Waals surface area (Å²) in [6.07, 6.45) is 0.